The van der Waals surface area contributed by atoms with Gasteiger partial charge >= 0.3 is 5.97 Å². The Hall–Kier alpha value is -4.46. The van der Waals surface area contributed by atoms with E-state index in [9.17, 15) is 14.7 Å². The molecule has 1 aliphatic rings. The standard InChI is InChI=1S/C27H26N2O6/c1-15-24(16(2)30)25(18-13-22(33-3)26(31)23(14-18)34-4)29-20-11-10-17(12-21(20)28-15)27(32)35-19-8-6-5-7-9-19/h5-14,25,28-29,31H,1-4H3. The minimum Gasteiger partial charge on any atom is -0.502 e. The molecular weight excluding hydrogens is 448 g/mol. The molecule has 0 spiro atoms. The summed E-state index contributed by atoms with van der Waals surface area (Å²) in [5.74, 6) is 0.121. The van der Waals surface area contributed by atoms with E-state index in [1.165, 1.54) is 21.1 Å². The van der Waals surface area contributed by atoms with Crippen LogP contribution in [0.1, 0.15) is 35.8 Å². The highest BCUT2D eigenvalue weighted by molar-refractivity contribution is 5.99. The van der Waals surface area contributed by atoms with E-state index in [2.05, 4.69) is 10.6 Å². The number of fused-ring (bicyclic) bond motifs is 1. The molecule has 8 nitrogen and oxygen atoms in total. The van der Waals surface area contributed by atoms with Crippen LogP contribution in [-0.4, -0.2) is 31.1 Å². The summed E-state index contributed by atoms with van der Waals surface area (Å²) in [7, 11) is 2.89. The number of methoxy groups -OCH3 is 2. The molecule has 3 aromatic carbocycles. The lowest BCUT2D eigenvalue weighted by atomic mass is 9.94. The molecule has 1 aliphatic heterocycles. The molecule has 0 fully saturated rings. The number of allylic oxidation sites excluding steroid dienone is 1. The monoisotopic (exact) mass is 474 g/mol. The minimum absolute atomic E-state index is 0.127. The van der Waals surface area contributed by atoms with Crippen molar-refractivity contribution in [3.05, 3.63) is 83.1 Å². The van der Waals surface area contributed by atoms with Crippen molar-refractivity contribution in [1.82, 2.24) is 0 Å². The number of carbonyl (C=O) groups excluding carboxylic acids is 2. The van der Waals surface area contributed by atoms with Gasteiger partial charge in [0.05, 0.1) is 37.2 Å². The average molecular weight is 475 g/mol. The second-order valence-corrected chi connectivity index (χ2v) is 8.03. The molecule has 0 radical (unpaired) electrons. The van der Waals surface area contributed by atoms with Gasteiger partial charge in [0, 0.05) is 11.3 Å². The van der Waals surface area contributed by atoms with E-state index in [-0.39, 0.29) is 23.0 Å². The molecule has 0 bridgehead atoms. The Morgan fingerprint density at radius 2 is 1.57 bits per heavy atom. The second-order valence-electron chi connectivity index (χ2n) is 8.03. The summed E-state index contributed by atoms with van der Waals surface area (Å²) in [6.45, 7) is 3.28. The zero-order valence-corrected chi connectivity index (χ0v) is 19.8. The maximum atomic E-state index is 12.7. The van der Waals surface area contributed by atoms with Crippen LogP contribution in [0.4, 0.5) is 11.4 Å². The maximum Gasteiger partial charge on any atom is 0.343 e. The molecule has 4 rings (SSSR count). The van der Waals surface area contributed by atoms with Gasteiger partial charge in [-0.05, 0) is 61.9 Å². The van der Waals surface area contributed by atoms with E-state index in [1.54, 1.807) is 61.5 Å². The summed E-state index contributed by atoms with van der Waals surface area (Å²) >= 11 is 0. The number of ketones is 1. The Bertz CT molecular complexity index is 1290. The Morgan fingerprint density at radius 3 is 2.17 bits per heavy atom. The third kappa shape index (κ3) is 4.77. The van der Waals surface area contributed by atoms with Crippen LogP contribution in [0.5, 0.6) is 23.0 Å². The lowest BCUT2D eigenvalue weighted by molar-refractivity contribution is -0.113. The lowest BCUT2D eigenvalue weighted by Gasteiger charge is -2.23. The summed E-state index contributed by atoms with van der Waals surface area (Å²) in [6.07, 6.45) is 0. The van der Waals surface area contributed by atoms with Gasteiger partial charge in [-0.15, -0.1) is 0 Å². The molecule has 3 aromatic rings. The Labute approximate surface area is 203 Å². The number of benzene rings is 3. The predicted molar refractivity (Wildman–Crippen MR) is 132 cm³/mol. The number of Topliss-reactive ketones (excluding diaryl/α,β-unsaturated/α-hetero) is 1. The predicted octanol–water partition coefficient (Wildman–Crippen LogP) is 5.07. The molecule has 0 saturated carbocycles. The van der Waals surface area contributed by atoms with Crippen molar-refractivity contribution in [2.45, 2.75) is 19.9 Å². The number of phenolic OH excluding ortho intramolecular Hbond substituents is 1. The Morgan fingerprint density at radius 1 is 0.914 bits per heavy atom. The molecule has 0 saturated heterocycles. The van der Waals surface area contributed by atoms with E-state index >= 15 is 0 Å². The summed E-state index contributed by atoms with van der Waals surface area (Å²) < 4.78 is 16.1. The van der Waals surface area contributed by atoms with Crippen molar-refractivity contribution in [3.63, 3.8) is 0 Å². The van der Waals surface area contributed by atoms with Gasteiger partial charge in [-0.3, -0.25) is 4.79 Å². The van der Waals surface area contributed by atoms with Crippen molar-refractivity contribution in [3.8, 4) is 23.0 Å². The van der Waals surface area contributed by atoms with Crippen molar-refractivity contribution in [1.29, 1.82) is 0 Å². The molecular formula is C27H26N2O6. The Kier molecular flexibility index (Phi) is 6.64. The van der Waals surface area contributed by atoms with Crippen molar-refractivity contribution >= 4 is 23.1 Å². The van der Waals surface area contributed by atoms with Gasteiger partial charge in [-0.2, -0.15) is 0 Å². The van der Waals surface area contributed by atoms with Crippen LogP contribution >= 0.6 is 0 Å². The smallest absolute Gasteiger partial charge is 0.343 e. The van der Waals surface area contributed by atoms with Crippen LogP contribution < -0.4 is 24.8 Å². The normalized spacial score (nSPS) is 14.7. The number of hydrogen-bond donors (Lipinski definition) is 3. The van der Waals surface area contributed by atoms with Gasteiger partial charge < -0.3 is 30.0 Å². The highest BCUT2D eigenvalue weighted by atomic mass is 16.5. The van der Waals surface area contributed by atoms with Gasteiger partial charge in [0.2, 0.25) is 5.75 Å². The van der Waals surface area contributed by atoms with Crippen LogP contribution in [0.15, 0.2) is 71.9 Å². The average Bonchev–Trinajstić information content (AvgIpc) is 2.99. The number of nitrogens with one attached hydrogen (secondary N) is 2. The highest BCUT2D eigenvalue weighted by Crippen LogP contribution is 2.43. The fourth-order valence-electron chi connectivity index (χ4n) is 4.07. The zero-order chi connectivity index (χ0) is 25.1. The minimum atomic E-state index is -0.577. The number of hydrogen-bond acceptors (Lipinski definition) is 8. The first-order chi connectivity index (χ1) is 16.8. The molecule has 35 heavy (non-hydrogen) atoms. The summed E-state index contributed by atoms with van der Waals surface area (Å²) in [5.41, 5.74) is 3.41. The van der Waals surface area contributed by atoms with Gasteiger partial charge in [0.1, 0.15) is 5.75 Å². The quantitative estimate of drug-likeness (QED) is 0.336. The number of rotatable bonds is 6. The SMILES string of the molecule is COc1cc(C2Nc3ccc(C(=O)Oc4ccccc4)cc3NC(C)=C2C(C)=O)cc(OC)c1O. The topological polar surface area (TPSA) is 106 Å². The van der Waals surface area contributed by atoms with E-state index < -0.39 is 12.0 Å². The second kappa shape index (κ2) is 9.80. The fraction of sp³-hybridized carbons (Fsp3) is 0.185. The van der Waals surface area contributed by atoms with Gasteiger partial charge in [0.25, 0.3) is 0 Å². The van der Waals surface area contributed by atoms with Gasteiger partial charge in [-0.1, -0.05) is 18.2 Å². The molecule has 0 aliphatic carbocycles. The number of esters is 1. The molecule has 8 heteroatoms. The molecule has 0 amide bonds. The summed E-state index contributed by atoms with van der Waals surface area (Å²) in [6, 6.07) is 16.6. The number of anilines is 2. The Balaban J connectivity index is 1.74. The van der Waals surface area contributed by atoms with Gasteiger partial charge in [0.15, 0.2) is 17.3 Å². The number of phenols is 1. The van der Waals surface area contributed by atoms with Gasteiger partial charge in [-0.25, -0.2) is 4.79 Å². The first-order valence-corrected chi connectivity index (χ1v) is 10.9. The fourth-order valence-corrected chi connectivity index (χ4v) is 4.07. The van der Waals surface area contributed by atoms with Crippen LogP contribution in [0.3, 0.4) is 0 Å². The molecule has 180 valence electrons. The number of aromatic hydroxyl groups is 1. The molecule has 1 atom stereocenters. The largest absolute Gasteiger partial charge is 0.502 e. The zero-order valence-electron chi connectivity index (χ0n) is 19.8. The third-order valence-corrected chi connectivity index (χ3v) is 5.74. The van der Waals surface area contributed by atoms with E-state index in [0.717, 1.165) is 0 Å². The van der Waals surface area contributed by atoms with Crippen molar-refractivity contribution < 1.29 is 28.9 Å². The lowest BCUT2D eigenvalue weighted by Crippen LogP contribution is -2.19. The van der Waals surface area contributed by atoms with Crippen LogP contribution in [0.25, 0.3) is 0 Å². The van der Waals surface area contributed by atoms with Crippen LogP contribution in [-0.2, 0) is 4.79 Å². The first kappa shape index (κ1) is 23.7. The van der Waals surface area contributed by atoms with Crippen LogP contribution in [0, 0.1) is 0 Å². The molecule has 3 N–H and O–H groups in total. The van der Waals surface area contributed by atoms with E-state index in [4.69, 9.17) is 14.2 Å². The molecule has 1 unspecified atom stereocenters. The van der Waals surface area contributed by atoms with Crippen molar-refractivity contribution in [2.75, 3.05) is 24.9 Å². The van der Waals surface area contributed by atoms with Crippen molar-refractivity contribution in [2.24, 2.45) is 0 Å². The number of carbonyl (C=O) groups is 2. The maximum absolute atomic E-state index is 12.7. The van der Waals surface area contributed by atoms with E-state index in [1.807, 2.05) is 6.07 Å². The summed E-state index contributed by atoms with van der Waals surface area (Å²) in [5, 5.41) is 17.0. The molecule has 1 heterocycles. The van der Waals surface area contributed by atoms with Crippen LogP contribution in [0.2, 0.25) is 0 Å². The number of ether oxygens (including phenoxy) is 3. The van der Waals surface area contributed by atoms with E-state index in [0.29, 0.717) is 39.5 Å². The number of para-hydroxylation sites is 1. The summed E-state index contributed by atoms with van der Waals surface area (Å²) in [4.78, 5) is 25.4. The molecule has 0 aromatic heterocycles. The highest BCUT2D eigenvalue weighted by Gasteiger charge is 2.29. The third-order valence-electron chi connectivity index (χ3n) is 5.74. The first-order valence-electron chi connectivity index (χ1n) is 10.9.